The van der Waals surface area contributed by atoms with Gasteiger partial charge in [-0.1, -0.05) is 6.07 Å². The van der Waals surface area contributed by atoms with Crippen molar-refractivity contribution in [2.24, 2.45) is 23.2 Å². The summed E-state index contributed by atoms with van der Waals surface area (Å²) in [6.07, 6.45) is 8.81. The number of nitrogens with zero attached hydrogens (tertiary/aromatic N) is 2. The van der Waals surface area contributed by atoms with E-state index in [1.807, 2.05) is 27.8 Å². The molecule has 1 aliphatic heterocycles. The Morgan fingerprint density at radius 1 is 1.10 bits per heavy atom. The van der Waals surface area contributed by atoms with E-state index in [0.29, 0.717) is 5.13 Å². The van der Waals surface area contributed by atoms with E-state index in [4.69, 9.17) is 0 Å². The van der Waals surface area contributed by atoms with Gasteiger partial charge in [0.2, 0.25) is 11.8 Å². The zero-order valence-corrected chi connectivity index (χ0v) is 18.6. The highest BCUT2D eigenvalue weighted by molar-refractivity contribution is 7.16. The average Bonchev–Trinajstić information content (AvgIpc) is 3.47. The van der Waals surface area contributed by atoms with Gasteiger partial charge in [-0.25, -0.2) is 4.98 Å². The minimum Gasteiger partial charge on any atom is -0.330 e. The smallest absolute Gasteiger partial charge is 0.248 e. The lowest BCUT2D eigenvalue weighted by molar-refractivity contribution is -0.160. The minimum atomic E-state index is -0.348. The van der Waals surface area contributed by atoms with E-state index < -0.39 is 0 Å². The van der Waals surface area contributed by atoms with Crippen LogP contribution in [0.2, 0.25) is 0 Å². The van der Waals surface area contributed by atoms with Crippen molar-refractivity contribution in [1.29, 1.82) is 0 Å². The van der Waals surface area contributed by atoms with Crippen LogP contribution in [0.25, 0.3) is 10.6 Å². The van der Waals surface area contributed by atoms with Crippen molar-refractivity contribution < 1.29 is 9.59 Å². The van der Waals surface area contributed by atoms with Gasteiger partial charge >= 0.3 is 0 Å². The highest BCUT2D eigenvalue weighted by Gasteiger charge is 2.56. The normalized spacial score (nSPS) is 34.5. The molecule has 5 nitrogen and oxygen atoms in total. The van der Waals surface area contributed by atoms with Crippen LogP contribution in [0, 0.1) is 23.2 Å². The maximum atomic E-state index is 13.8. The summed E-state index contributed by atoms with van der Waals surface area (Å²) in [5, 5.41) is 7.63. The lowest BCUT2D eigenvalue weighted by Crippen LogP contribution is -2.56. The fourth-order valence-electron chi connectivity index (χ4n) is 7.02. The Labute approximate surface area is 184 Å². The van der Waals surface area contributed by atoms with E-state index in [-0.39, 0.29) is 23.3 Å². The van der Waals surface area contributed by atoms with E-state index in [9.17, 15) is 9.59 Å². The first-order valence-electron chi connectivity index (χ1n) is 11.2. The number of nitrogens with one attached hydrogen (secondary N) is 1. The number of carbonyl (C=O) groups excluding carboxylic acids is 2. The van der Waals surface area contributed by atoms with Gasteiger partial charge in [0.25, 0.3) is 0 Å². The molecule has 2 amide bonds. The number of carbonyl (C=O) groups is 2. The Bertz CT molecular complexity index is 932. The second-order valence-corrected chi connectivity index (χ2v) is 11.7. The van der Waals surface area contributed by atoms with Crippen LogP contribution >= 0.6 is 22.7 Å². The van der Waals surface area contributed by atoms with Crippen LogP contribution in [-0.2, 0) is 9.59 Å². The first-order chi connectivity index (χ1) is 14.6. The first kappa shape index (κ1) is 19.0. The number of hydrogen-bond donors (Lipinski definition) is 1. The monoisotopic (exact) mass is 441 g/mol. The molecule has 30 heavy (non-hydrogen) atoms. The Kier molecular flexibility index (Phi) is 4.53. The van der Waals surface area contributed by atoms with E-state index in [1.165, 1.54) is 30.6 Å². The third-order valence-corrected chi connectivity index (χ3v) is 9.47. The molecule has 4 aliphatic carbocycles. The summed E-state index contributed by atoms with van der Waals surface area (Å²) in [6.45, 7) is 0.719. The van der Waals surface area contributed by atoms with Crippen LogP contribution in [0.1, 0.15) is 51.4 Å². The predicted octanol–water partition coefficient (Wildman–Crippen LogP) is 5.02. The summed E-state index contributed by atoms with van der Waals surface area (Å²) in [4.78, 5) is 34.5. The fourth-order valence-corrected chi connectivity index (χ4v) is 8.49. The van der Waals surface area contributed by atoms with Crippen LogP contribution in [0.5, 0.6) is 0 Å². The highest BCUT2D eigenvalue weighted by Crippen LogP contribution is 2.60. The summed E-state index contributed by atoms with van der Waals surface area (Å²) >= 11 is 3.10. The predicted molar refractivity (Wildman–Crippen MR) is 119 cm³/mol. The van der Waals surface area contributed by atoms with E-state index in [2.05, 4.69) is 10.3 Å². The first-order valence-corrected chi connectivity index (χ1v) is 13.0. The van der Waals surface area contributed by atoms with E-state index in [0.717, 1.165) is 67.0 Å². The van der Waals surface area contributed by atoms with Gasteiger partial charge in [0.1, 0.15) is 6.04 Å². The Hall–Kier alpha value is -1.73. The van der Waals surface area contributed by atoms with Crippen molar-refractivity contribution in [2.45, 2.75) is 57.4 Å². The zero-order valence-electron chi connectivity index (χ0n) is 17.0. The SMILES string of the molecule is O=C(Nc1nc(-c2cccs2)cs1)C1CCCN1C(=O)C12CC3CC(CC(C3)C1)C2. The van der Waals surface area contributed by atoms with Crippen LogP contribution in [0.4, 0.5) is 5.13 Å². The summed E-state index contributed by atoms with van der Waals surface area (Å²) in [7, 11) is 0. The highest BCUT2D eigenvalue weighted by atomic mass is 32.1. The molecule has 1 atom stereocenters. The molecule has 4 bridgehead atoms. The van der Waals surface area contributed by atoms with Gasteiger partial charge in [-0.05, 0) is 80.6 Å². The number of rotatable bonds is 4. The van der Waals surface area contributed by atoms with Crippen molar-refractivity contribution in [1.82, 2.24) is 9.88 Å². The van der Waals surface area contributed by atoms with Gasteiger partial charge in [-0.2, -0.15) is 0 Å². The Morgan fingerprint density at radius 3 is 2.50 bits per heavy atom. The fraction of sp³-hybridized carbons (Fsp3) is 0.609. The number of hydrogen-bond acceptors (Lipinski definition) is 5. The molecule has 2 aromatic heterocycles. The van der Waals surface area contributed by atoms with Crippen molar-refractivity contribution in [2.75, 3.05) is 11.9 Å². The van der Waals surface area contributed by atoms with Crippen molar-refractivity contribution in [3.05, 3.63) is 22.9 Å². The molecule has 158 valence electrons. The van der Waals surface area contributed by atoms with Gasteiger partial charge in [-0.15, -0.1) is 22.7 Å². The topological polar surface area (TPSA) is 62.3 Å². The zero-order chi connectivity index (χ0) is 20.3. The van der Waals surface area contributed by atoms with Gasteiger partial charge in [-0.3, -0.25) is 9.59 Å². The lowest BCUT2D eigenvalue weighted by atomic mass is 9.49. The number of likely N-dealkylation sites (tertiary alicyclic amines) is 1. The van der Waals surface area contributed by atoms with Crippen LogP contribution < -0.4 is 5.32 Å². The van der Waals surface area contributed by atoms with Crippen molar-refractivity contribution >= 4 is 39.6 Å². The molecular formula is C23H27N3O2S2. The quantitative estimate of drug-likeness (QED) is 0.725. The number of aromatic nitrogens is 1. The molecule has 5 fully saturated rings. The second-order valence-electron chi connectivity index (χ2n) is 9.86. The maximum Gasteiger partial charge on any atom is 0.248 e. The molecule has 1 saturated heterocycles. The summed E-state index contributed by atoms with van der Waals surface area (Å²) in [5.41, 5.74) is 0.726. The van der Waals surface area contributed by atoms with E-state index >= 15 is 0 Å². The molecule has 5 aliphatic rings. The molecule has 1 unspecified atom stereocenters. The van der Waals surface area contributed by atoms with Gasteiger partial charge < -0.3 is 10.2 Å². The van der Waals surface area contributed by atoms with Gasteiger partial charge in [0.05, 0.1) is 16.0 Å². The van der Waals surface area contributed by atoms with E-state index in [1.54, 1.807) is 11.3 Å². The molecular weight excluding hydrogens is 414 g/mol. The average molecular weight is 442 g/mol. The summed E-state index contributed by atoms with van der Waals surface area (Å²) in [6, 6.07) is 3.69. The van der Waals surface area contributed by atoms with Crippen LogP contribution in [-0.4, -0.2) is 34.3 Å². The lowest BCUT2D eigenvalue weighted by Gasteiger charge is -2.56. The molecule has 3 heterocycles. The molecule has 0 spiro atoms. The molecule has 7 rings (SSSR count). The third-order valence-electron chi connectivity index (χ3n) is 7.82. The molecule has 2 aromatic rings. The maximum absolute atomic E-state index is 13.8. The number of thiophene rings is 1. The molecule has 4 saturated carbocycles. The molecule has 1 N–H and O–H groups in total. The van der Waals surface area contributed by atoms with Gasteiger partial charge in [0, 0.05) is 11.9 Å². The summed E-state index contributed by atoms with van der Waals surface area (Å²) in [5.74, 6) is 2.42. The molecule has 7 heteroatoms. The number of thiazole rings is 1. The van der Waals surface area contributed by atoms with Crippen LogP contribution in [0.3, 0.4) is 0 Å². The third kappa shape index (κ3) is 3.12. The number of anilines is 1. The standard InChI is InChI=1S/C23H27N3O2S2/c27-20(25-22-24-17(13-30-22)19-4-2-6-29-19)18-3-1-5-26(18)21(28)23-10-14-7-15(11-23)9-16(8-14)12-23/h2,4,6,13-16,18H,1,3,5,7-12H2,(H,24,25,27). The van der Waals surface area contributed by atoms with Gasteiger partial charge in [0.15, 0.2) is 5.13 Å². The Balaban J connectivity index is 1.18. The number of amides is 2. The largest absolute Gasteiger partial charge is 0.330 e. The van der Waals surface area contributed by atoms with Crippen molar-refractivity contribution in [3.63, 3.8) is 0 Å². The molecule has 0 aromatic carbocycles. The minimum absolute atomic E-state index is 0.0716. The molecule has 0 radical (unpaired) electrons. The summed E-state index contributed by atoms with van der Waals surface area (Å²) < 4.78 is 0. The van der Waals surface area contributed by atoms with Crippen molar-refractivity contribution in [3.8, 4) is 10.6 Å². The second kappa shape index (κ2) is 7.16. The Morgan fingerprint density at radius 2 is 1.83 bits per heavy atom. The van der Waals surface area contributed by atoms with Crippen LogP contribution in [0.15, 0.2) is 22.9 Å².